The first-order valence-electron chi connectivity index (χ1n) is 6.90. The van der Waals surface area contributed by atoms with Gasteiger partial charge in [-0.2, -0.15) is 0 Å². The minimum Gasteiger partial charge on any atom is -0.458 e. The Bertz CT molecular complexity index is 476. The van der Waals surface area contributed by atoms with Gasteiger partial charge in [0.1, 0.15) is 11.8 Å². The molecule has 0 aromatic carbocycles. The molecule has 1 heterocycles. The van der Waals surface area contributed by atoms with Crippen molar-refractivity contribution >= 4 is 11.7 Å². The molecule has 0 radical (unpaired) electrons. The molecule has 1 fully saturated rings. The molecule has 1 aromatic rings. The van der Waals surface area contributed by atoms with E-state index < -0.39 is 0 Å². The Labute approximate surface area is 114 Å². The Balaban J connectivity index is 2.05. The summed E-state index contributed by atoms with van der Waals surface area (Å²) in [7, 11) is 1.81. The van der Waals surface area contributed by atoms with Gasteiger partial charge in [-0.3, -0.25) is 0 Å². The topological polar surface area (TPSA) is 57.2 Å². The van der Waals surface area contributed by atoms with Crippen LogP contribution in [0.3, 0.4) is 0 Å². The SMILES string of the molecule is CC1CC(OC(=O)c2cc(N)cn2C)CC(C)(C)C1. The quantitative estimate of drug-likeness (QED) is 0.835. The number of esters is 1. The van der Waals surface area contributed by atoms with Gasteiger partial charge in [-0.15, -0.1) is 0 Å². The van der Waals surface area contributed by atoms with Gasteiger partial charge >= 0.3 is 5.97 Å². The Morgan fingerprint density at radius 1 is 1.47 bits per heavy atom. The lowest BCUT2D eigenvalue weighted by molar-refractivity contribution is -0.00795. The van der Waals surface area contributed by atoms with Gasteiger partial charge in [0, 0.05) is 13.2 Å². The number of ether oxygens (including phenoxy) is 1. The molecule has 2 N–H and O–H groups in total. The molecule has 4 heteroatoms. The van der Waals surface area contributed by atoms with Gasteiger partial charge in [0.15, 0.2) is 0 Å². The summed E-state index contributed by atoms with van der Waals surface area (Å²) in [5.74, 6) is 0.328. The van der Waals surface area contributed by atoms with Crippen molar-refractivity contribution in [2.45, 2.75) is 46.1 Å². The van der Waals surface area contributed by atoms with Gasteiger partial charge < -0.3 is 15.0 Å². The molecule has 1 aromatic heterocycles. The third-order valence-corrected chi connectivity index (χ3v) is 3.86. The van der Waals surface area contributed by atoms with Crippen LogP contribution >= 0.6 is 0 Å². The van der Waals surface area contributed by atoms with Crippen LogP contribution in [-0.2, 0) is 11.8 Å². The molecule has 0 saturated heterocycles. The lowest BCUT2D eigenvalue weighted by Crippen LogP contribution is -2.34. The van der Waals surface area contributed by atoms with Crippen LogP contribution in [0.1, 0.15) is 50.5 Å². The molecule has 1 aliphatic rings. The maximum Gasteiger partial charge on any atom is 0.355 e. The second-order valence-corrected chi connectivity index (χ2v) is 6.71. The van der Waals surface area contributed by atoms with E-state index in [2.05, 4.69) is 20.8 Å². The summed E-state index contributed by atoms with van der Waals surface area (Å²) < 4.78 is 7.38. The molecule has 19 heavy (non-hydrogen) atoms. The van der Waals surface area contributed by atoms with E-state index in [0.29, 0.717) is 17.3 Å². The number of nitrogen functional groups attached to an aromatic ring is 1. The summed E-state index contributed by atoms with van der Waals surface area (Å²) in [6.07, 6.45) is 4.82. The maximum absolute atomic E-state index is 12.2. The van der Waals surface area contributed by atoms with Crippen molar-refractivity contribution in [3.05, 3.63) is 18.0 Å². The third kappa shape index (κ3) is 3.31. The van der Waals surface area contributed by atoms with E-state index in [4.69, 9.17) is 10.5 Å². The van der Waals surface area contributed by atoms with Crippen molar-refractivity contribution in [2.75, 3.05) is 5.73 Å². The minimum atomic E-state index is -0.269. The fraction of sp³-hybridized carbons (Fsp3) is 0.667. The van der Waals surface area contributed by atoms with E-state index in [-0.39, 0.29) is 17.5 Å². The van der Waals surface area contributed by atoms with Crippen molar-refractivity contribution in [1.82, 2.24) is 4.57 Å². The van der Waals surface area contributed by atoms with Crippen molar-refractivity contribution in [3.63, 3.8) is 0 Å². The molecule has 2 atom stereocenters. The largest absolute Gasteiger partial charge is 0.458 e. The highest BCUT2D eigenvalue weighted by Crippen LogP contribution is 2.39. The van der Waals surface area contributed by atoms with Crippen molar-refractivity contribution in [2.24, 2.45) is 18.4 Å². The van der Waals surface area contributed by atoms with Crippen LogP contribution in [-0.4, -0.2) is 16.6 Å². The van der Waals surface area contributed by atoms with Crippen LogP contribution < -0.4 is 5.73 Å². The normalized spacial score (nSPS) is 26.1. The Hall–Kier alpha value is -1.45. The van der Waals surface area contributed by atoms with Crippen LogP contribution in [0, 0.1) is 11.3 Å². The molecule has 0 bridgehead atoms. The molecule has 2 unspecified atom stereocenters. The smallest absolute Gasteiger partial charge is 0.355 e. The third-order valence-electron chi connectivity index (χ3n) is 3.86. The molecule has 0 spiro atoms. The van der Waals surface area contributed by atoms with Gasteiger partial charge in [0.25, 0.3) is 0 Å². The van der Waals surface area contributed by atoms with Gasteiger partial charge in [-0.05, 0) is 36.7 Å². The van der Waals surface area contributed by atoms with Crippen LogP contribution in [0.25, 0.3) is 0 Å². The molecule has 4 nitrogen and oxygen atoms in total. The lowest BCUT2D eigenvalue weighted by atomic mass is 9.71. The Kier molecular flexibility index (Phi) is 3.61. The number of nitrogens with zero attached hydrogens (tertiary/aromatic N) is 1. The second kappa shape index (κ2) is 4.91. The van der Waals surface area contributed by atoms with Crippen molar-refractivity contribution in [1.29, 1.82) is 0 Å². The van der Waals surface area contributed by atoms with E-state index in [1.807, 2.05) is 0 Å². The first-order chi connectivity index (χ1) is 8.77. The van der Waals surface area contributed by atoms with Crippen molar-refractivity contribution < 1.29 is 9.53 Å². The van der Waals surface area contributed by atoms with Gasteiger partial charge in [0.05, 0.1) is 5.69 Å². The van der Waals surface area contributed by atoms with E-state index in [0.717, 1.165) is 12.8 Å². The van der Waals surface area contributed by atoms with Gasteiger partial charge in [0.2, 0.25) is 0 Å². The monoisotopic (exact) mass is 264 g/mol. The van der Waals surface area contributed by atoms with Gasteiger partial charge in [-0.25, -0.2) is 4.79 Å². The van der Waals surface area contributed by atoms with Crippen molar-refractivity contribution in [3.8, 4) is 0 Å². The molecule has 106 valence electrons. The fourth-order valence-corrected chi connectivity index (χ4v) is 3.35. The first-order valence-corrected chi connectivity index (χ1v) is 6.90. The summed E-state index contributed by atoms with van der Waals surface area (Å²) >= 11 is 0. The molecule has 1 aliphatic carbocycles. The van der Waals surface area contributed by atoms with E-state index in [1.54, 1.807) is 23.9 Å². The highest BCUT2D eigenvalue weighted by molar-refractivity contribution is 5.89. The maximum atomic E-state index is 12.2. The van der Waals surface area contributed by atoms with E-state index in [1.165, 1.54) is 6.42 Å². The summed E-state index contributed by atoms with van der Waals surface area (Å²) in [5, 5.41) is 0. The summed E-state index contributed by atoms with van der Waals surface area (Å²) in [6, 6.07) is 1.67. The number of carbonyl (C=O) groups excluding carboxylic acids is 1. The molecule has 0 amide bonds. The zero-order valence-electron chi connectivity index (χ0n) is 12.3. The number of hydrogen-bond donors (Lipinski definition) is 1. The number of aryl methyl sites for hydroxylation is 1. The van der Waals surface area contributed by atoms with Crippen LogP contribution in [0.15, 0.2) is 12.3 Å². The number of nitrogens with two attached hydrogens (primary N) is 1. The standard InChI is InChI=1S/C15H24N2O2/c1-10-5-12(8-15(2,3)7-10)19-14(18)13-6-11(16)9-17(13)4/h6,9-10,12H,5,7-8,16H2,1-4H3. The number of hydrogen-bond acceptors (Lipinski definition) is 3. The first kappa shape index (κ1) is 14.0. The summed E-state index contributed by atoms with van der Waals surface area (Å²) in [4.78, 5) is 12.2. The lowest BCUT2D eigenvalue weighted by Gasteiger charge is -2.38. The van der Waals surface area contributed by atoms with Crippen LogP contribution in [0.4, 0.5) is 5.69 Å². The average Bonchev–Trinajstić information content (AvgIpc) is 2.54. The summed E-state index contributed by atoms with van der Waals surface area (Å²) in [6.45, 7) is 6.70. The van der Waals surface area contributed by atoms with E-state index >= 15 is 0 Å². The van der Waals surface area contributed by atoms with E-state index in [9.17, 15) is 4.79 Å². The molecule has 1 saturated carbocycles. The molecular weight excluding hydrogens is 240 g/mol. The fourth-order valence-electron chi connectivity index (χ4n) is 3.35. The number of anilines is 1. The van der Waals surface area contributed by atoms with Crippen LogP contribution in [0.5, 0.6) is 0 Å². The predicted molar refractivity (Wildman–Crippen MR) is 75.8 cm³/mol. The number of rotatable bonds is 2. The highest BCUT2D eigenvalue weighted by Gasteiger charge is 2.34. The molecule has 0 aliphatic heterocycles. The zero-order chi connectivity index (χ0) is 14.2. The molecule has 2 rings (SSSR count). The highest BCUT2D eigenvalue weighted by atomic mass is 16.5. The average molecular weight is 264 g/mol. The predicted octanol–water partition coefficient (Wildman–Crippen LogP) is 2.98. The zero-order valence-corrected chi connectivity index (χ0v) is 12.3. The Morgan fingerprint density at radius 3 is 2.68 bits per heavy atom. The minimum absolute atomic E-state index is 0.0161. The Morgan fingerprint density at radius 2 is 2.16 bits per heavy atom. The summed E-state index contributed by atoms with van der Waals surface area (Å²) in [5.41, 5.74) is 7.04. The molecular formula is C15H24N2O2. The number of carbonyl (C=O) groups is 1. The van der Waals surface area contributed by atoms with Gasteiger partial charge in [-0.1, -0.05) is 20.8 Å². The number of aromatic nitrogens is 1. The van der Waals surface area contributed by atoms with Crippen LogP contribution in [0.2, 0.25) is 0 Å². The second-order valence-electron chi connectivity index (χ2n) is 6.71.